The minimum Gasteiger partial charge on any atom is -0.390 e. The van der Waals surface area contributed by atoms with Crippen LogP contribution >= 0.6 is 11.3 Å². The molecule has 1 aliphatic carbocycles. The van der Waals surface area contributed by atoms with Gasteiger partial charge in [0.25, 0.3) is 0 Å². The van der Waals surface area contributed by atoms with Gasteiger partial charge in [0, 0.05) is 10.3 Å². The van der Waals surface area contributed by atoms with Crippen molar-refractivity contribution in [2.24, 2.45) is 5.41 Å². The van der Waals surface area contributed by atoms with Crippen LogP contribution in [0.3, 0.4) is 0 Å². The predicted molar refractivity (Wildman–Crippen MR) is 83.7 cm³/mol. The number of hydrogen-bond acceptors (Lipinski definition) is 4. The highest BCUT2D eigenvalue weighted by Gasteiger charge is 2.23. The molecule has 106 valence electrons. The highest BCUT2D eigenvalue weighted by molar-refractivity contribution is 7.19. The zero-order chi connectivity index (χ0) is 14.3. The summed E-state index contributed by atoms with van der Waals surface area (Å²) < 4.78 is 0. The van der Waals surface area contributed by atoms with Crippen LogP contribution in [0.2, 0.25) is 0 Å². The molecule has 0 fully saturated rings. The maximum atomic E-state index is 9.45. The Bertz CT molecular complexity index is 685. The molecule has 1 N–H and O–H groups in total. The zero-order valence-electron chi connectivity index (χ0n) is 12.2. The summed E-state index contributed by atoms with van der Waals surface area (Å²) in [6.45, 7) is 6.50. The Morgan fingerprint density at radius 2 is 2.15 bits per heavy atom. The Kier molecular flexibility index (Phi) is 3.38. The second kappa shape index (κ2) is 4.93. The third-order valence-electron chi connectivity index (χ3n) is 4.02. The van der Waals surface area contributed by atoms with E-state index in [2.05, 4.69) is 36.0 Å². The van der Waals surface area contributed by atoms with Crippen LogP contribution in [-0.4, -0.2) is 15.1 Å². The summed E-state index contributed by atoms with van der Waals surface area (Å²) in [4.78, 5) is 11.1. The van der Waals surface area contributed by atoms with Gasteiger partial charge in [-0.1, -0.05) is 19.9 Å². The maximum absolute atomic E-state index is 9.45. The van der Waals surface area contributed by atoms with Gasteiger partial charge in [-0.3, -0.25) is 0 Å². The van der Waals surface area contributed by atoms with Crippen LogP contribution < -0.4 is 0 Å². The van der Waals surface area contributed by atoms with E-state index < -0.39 is 0 Å². The van der Waals surface area contributed by atoms with Crippen LogP contribution in [0.1, 0.15) is 49.5 Å². The van der Waals surface area contributed by atoms with Gasteiger partial charge in [0.1, 0.15) is 10.7 Å². The van der Waals surface area contributed by atoms with Crippen molar-refractivity contribution < 1.29 is 5.11 Å². The summed E-state index contributed by atoms with van der Waals surface area (Å²) in [6.07, 6.45) is 5.85. The van der Waals surface area contributed by atoms with E-state index in [0.717, 1.165) is 34.6 Å². The molecule has 2 aromatic rings. The van der Waals surface area contributed by atoms with E-state index in [9.17, 15) is 5.11 Å². The zero-order valence-corrected chi connectivity index (χ0v) is 13.0. The number of aromatic nitrogens is 2. The fourth-order valence-corrected chi connectivity index (χ4v) is 3.84. The van der Waals surface area contributed by atoms with Gasteiger partial charge < -0.3 is 5.11 Å². The molecule has 0 radical (unpaired) electrons. The predicted octanol–water partition coefficient (Wildman–Crippen LogP) is 4.09. The Hall–Kier alpha value is -1.26. The molecule has 3 rings (SSSR count). The molecule has 0 saturated heterocycles. The van der Waals surface area contributed by atoms with Crippen LogP contribution in [0.25, 0.3) is 15.8 Å². The van der Waals surface area contributed by atoms with Gasteiger partial charge in [-0.05, 0) is 43.2 Å². The van der Waals surface area contributed by atoms with Gasteiger partial charge >= 0.3 is 0 Å². The van der Waals surface area contributed by atoms with Crippen LogP contribution in [-0.2, 0) is 6.61 Å². The third-order valence-corrected chi connectivity index (χ3v) is 5.13. The van der Waals surface area contributed by atoms with Crippen LogP contribution in [0.15, 0.2) is 12.1 Å². The number of nitrogens with zero attached hydrogens (tertiary/aromatic N) is 2. The van der Waals surface area contributed by atoms with E-state index in [1.165, 1.54) is 16.9 Å². The van der Waals surface area contributed by atoms with Crippen molar-refractivity contribution >= 4 is 27.1 Å². The van der Waals surface area contributed by atoms with E-state index in [1.807, 2.05) is 6.92 Å². The molecular weight excluding hydrogens is 268 g/mol. The molecule has 3 nitrogen and oxygen atoms in total. The van der Waals surface area contributed by atoms with Gasteiger partial charge in [0.15, 0.2) is 0 Å². The van der Waals surface area contributed by atoms with Crippen LogP contribution in [0, 0.1) is 12.3 Å². The highest BCUT2D eigenvalue weighted by Crippen LogP contribution is 2.41. The van der Waals surface area contributed by atoms with Gasteiger partial charge in [-0.15, -0.1) is 11.3 Å². The number of aryl methyl sites for hydroxylation is 1. The first-order valence-electron chi connectivity index (χ1n) is 7.06. The van der Waals surface area contributed by atoms with Crippen molar-refractivity contribution in [1.29, 1.82) is 0 Å². The molecule has 2 aromatic heterocycles. The van der Waals surface area contributed by atoms with Crippen molar-refractivity contribution in [2.75, 3.05) is 0 Å². The molecule has 0 atom stereocenters. The summed E-state index contributed by atoms with van der Waals surface area (Å²) in [7, 11) is 0. The standard InChI is InChI=1S/C16H20N2OS/c1-10-17-13(9-19)12-8-14(20-15(12)18-10)11-4-6-16(2,3)7-5-11/h4,8,19H,5-7,9H2,1-3H3. The molecule has 0 amide bonds. The minimum atomic E-state index is -0.0257. The fraction of sp³-hybridized carbons (Fsp3) is 0.500. The molecule has 20 heavy (non-hydrogen) atoms. The molecular formula is C16H20N2OS. The van der Waals surface area contributed by atoms with Gasteiger partial charge in [0.2, 0.25) is 0 Å². The first-order chi connectivity index (χ1) is 9.48. The third kappa shape index (κ3) is 2.50. The Morgan fingerprint density at radius 1 is 1.35 bits per heavy atom. The normalized spacial score (nSPS) is 18.3. The highest BCUT2D eigenvalue weighted by atomic mass is 32.1. The largest absolute Gasteiger partial charge is 0.390 e. The molecule has 0 saturated carbocycles. The topological polar surface area (TPSA) is 46.0 Å². The van der Waals surface area contributed by atoms with E-state index in [0.29, 0.717) is 5.41 Å². The van der Waals surface area contributed by atoms with Crippen molar-refractivity contribution in [3.63, 3.8) is 0 Å². The van der Waals surface area contributed by atoms with Crippen LogP contribution in [0.4, 0.5) is 0 Å². The lowest BCUT2D eigenvalue weighted by Gasteiger charge is -2.28. The van der Waals surface area contributed by atoms with Crippen molar-refractivity contribution in [3.8, 4) is 0 Å². The van der Waals surface area contributed by atoms with E-state index in [-0.39, 0.29) is 6.61 Å². The first-order valence-corrected chi connectivity index (χ1v) is 7.87. The second-order valence-corrected chi connectivity index (χ2v) is 7.33. The number of allylic oxidation sites excluding steroid dienone is 2. The van der Waals surface area contributed by atoms with E-state index in [1.54, 1.807) is 11.3 Å². The van der Waals surface area contributed by atoms with Crippen LogP contribution in [0.5, 0.6) is 0 Å². The monoisotopic (exact) mass is 288 g/mol. The van der Waals surface area contributed by atoms with Crippen molar-refractivity contribution in [3.05, 3.63) is 28.5 Å². The summed E-state index contributed by atoms with van der Waals surface area (Å²) >= 11 is 1.72. The number of aliphatic hydroxyl groups excluding tert-OH is 1. The Balaban J connectivity index is 2.04. The van der Waals surface area contributed by atoms with Gasteiger partial charge in [-0.2, -0.15) is 0 Å². The molecule has 0 spiro atoms. The Labute approximate surface area is 123 Å². The number of aliphatic hydroxyl groups is 1. The summed E-state index contributed by atoms with van der Waals surface area (Å²) in [5, 5.41) is 10.5. The first kappa shape index (κ1) is 13.7. The number of thiophene rings is 1. The molecule has 2 heterocycles. The molecule has 0 aromatic carbocycles. The molecule has 1 aliphatic rings. The smallest absolute Gasteiger partial charge is 0.127 e. The van der Waals surface area contributed by atoms with Crippen molar-refractivity contribution in [2.45, 2.75) is 46.6 Å². The maximum Gasteiger partial charge on any atom is 0.127 e. The van der Waals surface area contributed by atoms with E-state index >= 15 is 0 Å². The fourth-order valence-electron chi connectivity index (χ4n) is 2.68. The molecule has 0 aliphatic heterocycles. The number of hydrogen-bond donors (Lipinski definition) is 1. The minimum absolute atomic E-state index is 0.0257. The molecule has 4 heteroatoms. The quantitative estimate of drug-likeness (QED) is 0.905. The molecule has 0 bridgehead atoms. The number of rotatable bonds is 2. The summed E-state index contributed by atoms with van der Waals surface area (Å²) in [5.74, 6) is 0.730. The average Bonchev–Trinajstić information content (AvgIpc) is 2.81. The van der Waals surface area contributed by atoms with Gasteiger partial charge in [-0.25, -0.2) is 9.97 Å². The van der Waals surface area contributed by atoms with Gasteiger partial charge in [0.05, 0.1) is 12.3 Å². The summed E-state index contributed by atoms with van der Waals surface area (Å²) in [5.41, 5.74) is 2.59. The summed E-state index contributed by atoms with van der Waals surface area (Å²) in [6, 6.07) is 2.15. The number of fused-ring (bicyclic) bond motifs is 1. The lowest BCUT2D eigenvalue weighted by molar-refractivity contribution is 0.278. The second-order valence-electron chi connectivity index (χ2n) is 6.30. The SMILES string of the molecule is Cc1nc(CO)c2cc(C3=CCC(C)(C)CC3)sc2n1. The Morgan fingerprint density at radius 3 is 2.80 bits per heavy atom. The lowest BCUT2D eigenvalue weighted by atomic mass is 9.78. The lowest BCUT2D eigenvalue weighted by Crippen LogP contribution is -2.13. The average molecular weight is 288 g/mol. The molecule has 0 unspecified atom stereocenters. The van der Waals surface area contributed by atoms with E-state index in [4.69, 9.17) is 0 Å². The van der Waals surface area contributed by atoms with Crippen molar-refractivity contribution in [1.82, 2.24) is 9.97 Å².